The number of thioether (sulfide) groups is 1. The van der Waals surface area contributed by atoms with Crippen LogP contribution >= 0.6 is 11.8 Å². The highest BCUT2D eigenvalue weighted by atomic mass is 32.2. The van der Waals surface area contributed by atoms with Crippen molar-refractivity contribution in [3.05, 3.63) is 54.4 Å². The second kappa shape index (κ2) is 11.7. The molecule has 2 N–H and O–H groups in total. The van der Waals surface area contributed by atoms with Crippen molar-refractivity contribution in [3.8, 4) is 5.75 Å². The van der Waals surface area contributed by atoms with E-state index in [1.165, 1.54) is 0 Å². The lowest BCUT2D eigenvalue weighted by Crippen LogP contribution is -2.44. The molecule has 7 nitrogen and oxygen atoms in total. The van der Waals surface area contributed by atoms with E-state index >= 15 is 0 Å². The van der Waals surface area contributed by atoms with Gasteiger partial charge in [-0.1, -0.05) is 11.8 Å². The standard InChI is InChI=1S/C26H32N2O5S/c1-32-19-6-7-23-21(16-19)20(9-11-27-23)24(29)8-5-18-10-13-28(17-22(18)26(30)31)12-3-15-34-25-4-2-14-33-25/h2,4,6-7,9,11,14,16,18,22,24,29H,3,5,8,10,12-13,15,17H2,1H3,(H,30,31)/t18-,22+,24+/m1/s1. The fraction of sp³-hybridized carbons (Fsp3) is 0.462. The van der Waals surface area contributed by atoms with Crippen LogP contribution in [0.5, 0.6) is 5.75 Å². The number of methoxy groups -OCH3 is 1. The summed E-state index contributed by atoms with van der Waals surface area (Å²) in [5, 5.41) is 22.6. The molecule has 0 radical (unpaired) electrons. The first kappa shape index (κ1) is 24.6. The SMILES string of the molecule is COc1ccc2nccc([C@@H](O)CC[C@@H]3CCN(CCCSc4ccco4)C[C@@H]3C(=O)O)c2c1. The van der Waals surface area contributed by atoms with Gasteiger partial charge in [0.05, 0.1) is 30.9 Å². The largest absolute Gasteiger partial charge is 0.497 e. The van der Waals surface area contributed by atoms with Gasteiger partial charge in [0.1, 0.15) is 5.75 Å². The van der Waals surface area contributed by atoms with E-state index in [1.54, 1.807) is 31.3 Å². The number of carboxylic acids is 1. The van der Waals surface area contributed by atoms with E-state index in [0.29, 0.717) is 19.4 Å². The van der Waals surface area contributed by atoms with Gasteiger partial charge in [-0.2, -0.15) is 0 Å². The Hall–Kier alpha value is -2.55. The summed E-state index contributed by atoms with van der Waals surface area (Å²) >= 11 is 1.69. The van der Waals surface area contributed by atoms with Gasteiger partial charge in [-0.25, -0.2) is 0 Å². The number of hydrogen-bond donors (Lipinski definition) is 2. The summed E-state index contributed by atoms with van der Waals surface area (Å²) in [4.78, 5) is 18.7. The van der Waals surface area contributed by atoms with Crippen LogP contribution < -0.4 is 4.74 Å². The number of carboxylic acid groups (broad SMARTS) is 1. The number of aromatic nitrogens is 1. The zero-order valence-electron chi connectivity index (χ0n) is 19.4. The zero-order chi connectivity index (χ0) is 23.9. The van der Waals surface area contributed by atoms with Crippen LogP contribution in [0.15, 0.2) is 58.4 Å². The van der Waals surface area contributed by atoms with Gasteiger partial charge in [0.15, 0.2) is 5.09 Å². The van der Waals surface area contributed by atoms with Crippen LogP contribution in [0.1, 0.15) is 37.4 Å². The van der Waals surface area contributed by atoms with Gasteiger partial charge >= 0.3 is 5.97 Å². The molecule has 0 amide bonds. The number of aliphatic hydroxyl groups is 1. The number of carbonyl (C=O) groups is 1. The molecule has 0 aliphatic carbocycles. The van der Waals surface area contributed by atoms with Crippen molar-refractivity contribution in [2.45, 2.75) is 36.9 Å². The van der Waals surface area contributed by atoms with Crippen molar-refractivity contribution < 1.29 is 24.2 Å². The van der Waals surface area contributed by atoms with Crippen LogP contribution in [0.3, 0.4) is 0 Å². The summed E-state index contributed by atoms with van der Waals surface area (Å²) in [6.07, 6.45) is 5.72. The molecule has 3 aromatic rings. The van der Waals surface area contributed by atoms with Crippen molar-refractivity contribution in [2.75, 3.05) is 32.5 Å². The highest BCUT2D eigenvalue weighted by Gasteiger charge is 2.34. The summed E-state index contributed by atoms with van der Waals surface area (Å²) in [6, 6.07) is 11.3. The quantitative estimate of drug-likeness (QED) is 0.294. The minimum atomic E-state index is -0.742. The predicted molar refractivity (Wildman–Crippen MR) is 132 cm³/mol. The molecule has 34 heavy (non-hydrogen) atoms. The Bertz CT molecular complexity index is 1070. The van der Waals surface area contributed by atoms with Crippen LogP contribution in [-0.2, 0) is 4.79 Å². The monoisotopic (exact) mass is 484 g/mol. The third-order valence-electron chi connectivity index (χ3n) is 6.67. The summed E-state index contributed by atoms with van der Waals surface area (Å²) in [5.74, 6) is 0.571. The second-order valence-corrected chi connectivity index (χ2v) is 9.90. The number of nitrogens with zero attached hydrogens (tertiary/aromatic N) is 2. The Morgan fingerprint density at radius 2 is 2.24 bits per heavy atom. The lowest BCUT2D eigenvalue weighted by molar-refractivity contribution is -0.146. The van der Waals surface area contributed by atoms with E-state index in [0.717, 1.165) is 59.0 Å². The molecule has 8 heteroatoms. The molecule has 2 aromatic heterocycles. The number of likely N-dealkylation sites (tertiary alicyclic amines) is 1. The van der Waals surface area contributed by atoms with E-state index in [4.69, 9.17) is 9.15 Å². The number of hydrogen-bond acceptors (Lipinski definition) is 7. The molecule has 1 aliphatic heterocycles. The van der Waals surface area contributed by atoms with E-state index in [-0.39, 0.29) is 5.92 Å². The Labute approximate surface area is 204 Å². The number of rotatable bonds is 11. The number of furan rings is 1. The topological polar surface area (TPSA) is 96.0 Å². The van der Waals surface area contributed by atoms with E-state index < -0.39 is 18.0 Å². The molecular weight excluding hydrogens is 452 g/mol. The smallest absolute Gasteiger partial charge is 0.308 e. The first-order valence-electron chi connectivity index (χ1n) is 11.8. The molecule has 4 rings (SSSR count). The number of fused-ring (bicyclic) bond motifs is 1. The average molecular weight is 485 g/mol. The van der Waals surface area contributed by atoms with Crippen LogP contribution in [-0.4, -0.2) is 58.6 Å². The second-order valence-electron chi connectivity index (χ2n) is 8.80. The van der Waals surface area contributed by atoms with Crippen LogP contribution in [0, 0.1) is 11.8 Å². The normalized spacial score (nSPS) is 19.8. The van der Waals surface area contributed by atoms with Gasteiger partial charge in [-0.3, -0.25) is 9.78 Å². The average Bonchev–Trinajstić information content (AvgIpc) is 3.38. The number of piperidine rings is 1. The molecule has 1 saturated heterocycles. The first-order valence-corrected chi connectivity index (χ1v) is 12.8. The highest BCUT2D eigenvalue weighted by Crippen LogP contribution is 2.34. The lowest BCUT2D eigenvalue weighted by Gasteiger charge is -2.37. The summed E-state index contributed by atoms with van der Waals surface area (Å²) < 4.78 is 10.7. The Morgan fingerprint density at radius 1 is 1.35 bits per heavy atom. The zero-order valence-corrected chi connectivity index (χ0v) is 20.2. The van der Waals surface area contributed by atoms with Gasteiger partial charge in [-0.15, -0.1) is 0 Å². The molecule has 0 saturated carbocycles. The van der Waals surface area contributed by atoms with Crippen LogP contribution in [0.4, 0.5) is 0 Å². The maximum Gasteiger partial charge on any atom is 0.308 e. The fourth-order valence-corrected chi connectivity index (χ4v) is 5.57. The molecular formula is C26H32N2O5S. The molecule has 0 unspecified atom stereocenters. The number of ether oxygens (including phenoxy) is 1. The van der Waals surface area contributed by atoms with Crippen LogP contribution in [0.25, 0.3) is 10.9 Å². The Balaban J connectivity index is 1.31. The summed E-state index contributed by atoms with van der Waals surface area (Å²) in [5.41, 5.74) is 1.61. The molecule has 1 fully saturated rings. The van der Waals surface area contributed by atoms with Crippen molar-refractivity contribution in [1.82, 2.24) is 9.88 Å². The summed E-state index contributed by atoms with van der Waals surface area (Å²) in [6.45, 7) is 2.35. The van der Waals surface area contributed by atoms with Crippen molar-refractivity contribution in [1.29, 1.82) is 0 Å². The fourth-order valence-electron chi connectivity index (χ4n) is 4.79. The maximum absolute atomic E-state index is 12.0. The third kappa shape index (κ3) is 6.11. The highest BCUT2D eigenvalue weighted by molar-refractivity contribution is 7.99. The van der Waals surface area contributed by atoms with E-state index in [9.17, 15) is 15.0 Å². The van der Waals surface area contributed by atoms with E-state index in [2.05, 4.69) is 9.88 Å². The number of benzene rings is 1. The van der Waals surface area contributed by atoms with Gasteiger partial charge in [0.25, 0.3) is 0 Å². The minimum Gasteiger partial charge on any atom is -0.497 e. The third-order valence-corrected chi connectivity index (χ3v) is 7.68. The molecule has 0 spiro atoms. The van der Waals surface area contributed by atoms with E-state index in [1.807, 2.05) is 36.4 Å². The van der Waals surface area contributed by atoms with Crippen molar-refractivity contribution in [3.63, 3.8) is 0 Å². The van der Waals surface area contributed by atoms with Gasteiger partial charge in [0, 0.05) is 23.9 Å². The summed E-state index contributed by atoms with van der Waals surface area (Å²) in [7, 11) is 1.62. The Morgan fingerprint density at radius 3 is 3.00 bits per heavy atom. The van der Waals surface area contributed by atoms with Gasteiger partial charge < -0.3 is 24.3 Å². The lowest BCUT2D eigenvalue weighted by atomic mass is 9.81. The number of aliphatic carboxylic acids is 1. The molecule has 182 valence electrons. The van der Waals surface area contributed by atoms with Crippen LogP contribution in [0.2, 0.25) is 0 Å². The minimum absolute atomic E-state index is 0.0588. The van der Waals surface area contributed by atoms with Crippen molar-refractivity contribution >= 4 is 28.6 Å². The molecule has 1 aromatic carbocycles. The molecule has 1 aliphatic rings. The molecule has 3 heterocycles. The molecule has 0 bridgehead atoms. The van der Waals surface area contributed by atoms with Crippen molar-refractivity contribution in [2.24, 2.45) is 11.8 Å². The van der Waals surface area contributed by atoms with Gasteiger partial charge in [-0.05, 0) is 86.7 Å². The number of pyridine rings is 1. The predicted octanol–water partition coefficient (Wildman–Crippen LogP) is 4.86. The van der Waals surface area contributed by atoms with Gasteiger partial charge in [0.2, 0.25) is 0 Å². The first-order chi connectivity index (χ1) is 16.5. The Kier molecular flexibility index (Phi) is 8.48. The number of aliphatic hydroxyl groups excluding tert-OH is 1. The molecule has 3 atom stereocenters. The maximum atomic E-state index is 12.0.